The van der Waals surface area contributed by atoms with Gasteiger partial charge in [0.05, 0.1) is 6.54 Å². The number of carbonyl (C=O) groups is 1. The van der Waals surface area contributed by atoms with Crippen LogP contribution in [0.15, 0.2) is 5.10 Å². The number of amidine groups is 1. The van der Waals surface area contributed by atoms with Crippen LogP contribution < -0.4 is 5.43 Å². The third-order valence-electron chi connectivity index (χ3n) is 2.49. The summed E-state index contributed by atoms with van der Waals surface area (Å²) in [6.07, 6.45) is -0.0542. The molecule has 2 N–H and O–H groups in total. The highest BCUT2D eigenvalue weighted by molar-refractivity contribution is 5.99. The van der Waals surface area contributed by atoms with E-state index in [9.17, 15) is 9.90 Å². The van der Waals surface area contributed by atoms with Crippen LogP contribution in [0.2, 0.25) is 0 Å². The second kappa shape index (κ2) is 3.45. The minimum atomic E-state index is -0.749. The zero-order valence-electron chi connectivity index (χ0n) is 8.10. The van der Waals surface area contributed by atoms with Crippen molar-refractivity contribution in [3.05, 3.63) is 0 Å². The predicted molar refractivity (Wildman–Crippen MR) is 50.5 cm³/mol. The van der Waals surface area contributed by atoms with Gasteiger partial charge in [0.2, 0.25) is 0 Å². The molecule has 6 heteroatoms. The molecule has 1 unspecified atom stereocenters. The maximum absolute atomic E-state index is 11.7. The Morgan fingerprint density at radius 1 is 1.71 bits per heavy atom. The quantitative estimate of drug-likeness (QED) is 0.589. The molecule has 0 bridgehead atoms. The largest absolute Gasteiger partial charge is 0.371 e. The summed E-state index contributed by atoms with van der Waals surface area (Å²) < 4.78 is 0. The number of β-amino-alcohol motifs (C(OH)–C–C–N with tert-alkyl or cyclic N) is 1. The van der Waals surface area contributed by atoms with E-state index in [0.29, 0.717) is 25.3 Å². The Hall–Kier alpha value is -1.30. The van der Waals surface area contributed by atoms with Crippen LogP contribution in [0.25, 0.3) is 0 Å². The average molecular weight is 198 g/mol. The molecular formula is C8H14N4O2. The van der Waals surface area contributed by atoms with Crippen molar-refractivity contribution in [2.24, 2.45) is 5.10 Å². The molecule has 0 aromatic rings. The fourth-order valence-electron chi connectivity index (χ4n) is 1.73. The number of nitrogens with zero attached hydrogens (tertiary/aromatic N) is 3. The van der Waals surface area contributed by atoms with Crippen molar-refractivity contribution in [1.29, 1.82) is 0 Å². The summed E-state index contributed by atoms with van der Waals surface area (Å²) in [6.45, 7) is 3.61. The van der Waals surface area contributed by atoms with E-state index in [-0.39, 0.29) is 6.03 Å². The van der Waals surface area contributed by atoms with Gasteiger partial charge in [0, 0.05) is 19.5 Å². The Bertz CT molecular complexity index is 279. The molecule has 2 aliphatic rings. The molecule has 6 nitrogen and oxygen atoms in total. The minimum absolute atomic E-state index is 0.151. The summed E-state index contributed by atoms with van der Waals surface area (Å²) >= 11 is 0. The molecule has 2 heterocycles. The van der Waals surface area contributed by atoms with Crippen LogP contribution in [0.1, 0.15) is 13.3 Å². The van der Waals surface area contributed by atoms with Crippen molar-refractivity contribution in [3.8, 4) is 0 Å². The first-order valence-electron chi connectivity index (χ1n) is 4.79. The smallest absolute Gasteiger partial charge is 0.327 e. The van der Waals surface area contributed by atoms with Gasteiger partial charge < -0.3 is 15.4 Å². The van der Waals surface area contributed by atoms with Crippen LogP contribution in [0, 0.1) is 0 Å². The van der Waals surface area contributed by atoms with Crippen LogP contribution in [0.3, 0.4) is 0 Å². The second-order valence-corrected chi connectivity index (χ2v) is 3.36. The SMILES string of the molecule is CCN1CC(O)N(C2=NNCC2)C1=O. The number of hydrogen-bond acceptors (Lipinski definition) is 4. The Kier molecular flexibility index (Phi) is 2.28. The van der Waals surface area contributed by atoms with Gasteiger partial charge in [-0.1, -0.05) is 0 Å². The Morgan fingerprint density at radius 3 is 3.00 bits per heavy atom. The molecule has 2 amide bonds. The Morgan fingerprint density at radius 2 is 2.50 bits per heavy atom. The first-order chi connectivity index (χ1) is 6.74. The standard InChI is InChI=1S/C8H14N4O2/c1-2-11-5-7(13)12(8(11)14)6-3-4-9-10-6/h7,9,13H,2-5H2,1H3. The Labute approximate surface area is 82.2 Å². The van der Waals surface area contributed by atoms with Gasteiger partial charge in [-0.3, -0.25) is 4.90 Å². The van der Waals surface area contributed by atoms with E-state index < -0.39 is 6.23 Å². The van der Waals surface area contributed by atoms with E-state index in [1.807, 2.05) is 6.92 Å². The first-order valence-corrected chi connectivity index (χ1v) is 4.79. The van der Waals surface area contributed by atoms with Crippen molar-refractivity contribution >= 4 is 11.9 Å². The van der Waals surface area contributed by atoms with E-state index in [2.05, 4.69) is 10.5 Å². The third-order valence-corrected chi connectivity index (χ3v) is 2.49. The van der Waals surface area contributed by atoms with E-state index in [0.717, 1.165) is 6.54 Å². The Balaban J connectivity index is 2.15. The number of hydrazone groups is 1. The van der Waals surface area contributed by atoms with Crippen molar-refractivity contribution in [2.75, 3.05) is 19.6 Å². The lowest BCUT2D eigenvalue weighted by Crippen LogP contribution is -2.39. The van der Waals surface area contributed by atoms with Gasteiger partial charge in [0.1, 0.15) is 5.84 Å². The number of likely N-dealkylation sites (N-methyl/N-ethyl adjacent to an activating group) is 1. The molecule has 1 fully saturated rings. The molecule has 1 atom stereocenters. The normalized spacial score (nSPS) is 26.9. The van der Waals surface area contributed by atoms with Gasteiger partial charge in [-0.05, 0) is 6.92 Å². The van der Waals surface area contributed by atoms with Gasteiger partial charge in [-0.2, -0.15) is 5.10 Å². The molecular weight excluding hydrogens is 184 g/mol. The highest BCUT2D eigenvalue weighted by Crippen LogP contribution is 2.16. The number of amides is 2. The zero-order valence-corrected chi connectivity index (χ0v) is 8.10. The van der Waals surface area contributed by atoms with E-state index in [4.69, 9.17) is 0 Å². The molecule has 0 saturated carbocycles. The maximum atomic E-state index is 11.7. The lowest BCUT2D eigenvalue weighted by Gasteiger charge is -2.17. The van der Waals surface area contributed by atoms with Crippen molar-refractivity contribution < 1.29 is 9.90 Å². The number of aliphatic hydroxyl groups is 1. The topological polar surface area (TPSA) is 68.2 Å². The maximum Gasteiger partial charge on any atom is 0.327 e. The molecule has 14 heavy (non-hydrogen) atoms. The zero-order chi connectivity index (χ0) is 10.1. The number of nitrogens with one attached hydrogen (secondary N) is 1. The monoisotopic (exact) mass is 198 g/mol. The van der Waals surface area contributed by atoms with Crippen molar-refractivity contribution in [2.45, 2.75) is 19.6 Å². The summed E-state index contributed by atoms with van der Waals surface area (Å²) in [5.74, 6) is 0.637. The fraction of sp³-hybridized carbons (Fsp3) is 0.750. The average Bonchev–Trinajstić information content (AvgIpc) is 2.74. The minimum Gasteiger partial charge on any atom is -0.371 e. The summed E-state index contributed by atoms with van der Waals surface area (Å²) in [6, 6.07) is -0.151. The van der Waals surface area contributed by atoms with Crippen LogP contribution in [0.4, 0.5) is 4.79 Å². The van der Waals surface area contributed by atoms with Crippen LogP contribution in [0.5, 0.6) is 0 Å². The lowest BCUT2D eigenvalue weighted by molar-refractivity contribution is 0.102. The van der Waals surface area contributed by atoms with Gasteiger partial charge in [-0.25, -0.2) is 4.79 Å². The molecule has 1 saturated heterocycles. The molecule has 0 aromatic carbocycles. The van der Waals surface area contributed by atoms with Gasteiger partial charge in [-0.15, -0.1) is 0 Å². The summed E-state index contributed by atoms with van der Waals surface area (Å²) in [5.41, 5.74) is 2.79. The van der Waals surface area contributed by atoms with Crippen LogP contribution >= 0.6 is 0 Å². The summed E-state index contributed by atoms with van der Waals surface area (Å²) in [5, 5.41) is 13.6. The van der Waals surface area contributed by atoms with Gasteiger partial charge >= 0.3 is 6.03 Å². The van der Waals surface area contributed by atoms with E-state index >= 15 is 0 Å². The highest BCUT2D eigenvalue weighted by Gasteiger charge is 2.38. The molecule has 78 valence electrons. The molecule has 0 aromatic heterocycles. The number of carbonyl (C=O) groups excluding carboxylic acids is 1. The van der Waals surface area contributed by atoms with E-state index in [1.165, 1.54) is 4.90 Å². The summed E-state index contributed by atoms with van der Waals surface area (Å²) in [7, 11) is 0. The van der Waals surface area contributed by atoms with Crippen molar-refractivity contribution in [3.63, 3.8) is 0 Å². The van der Waals surface area contributed by atoms with Gasteiger partial charge in [0.15, 0.2) is 6.23 Å². The predicted octanol–water partition coefficient (Wildman–Crippen LogP) is -0.631. The number of hydrogen-bond donors (Lipinski definition) is 2. The summed E-state index contributed by atoms with van der Waals surface area (Å²) in [4.78, 5) is 14.7. The van der Waals surface area contributed by atoms with Gasteiger partial charge in [0.25, 0.3) is 0 Å². The van der Waals surface area contributed by atoms with Crippen LogP contribution in [-0.2, 0) is 0 Å². The molecule has 0 aliphatic carbocycles. The van der Waals surface area contributed by atoms with Crippen molar-refractivity contribution in [1.82, 2.24) is 15.2 Å². The second-order valence-electron chi connectivity index (χ2n) is 3.36. The van der Waals surface area contributed by atoms with Crippen LogP contribution in [-0.4, -0.2) is 52.6 Å². The molecule has 0 radical (unpaired) electrons. The molecule has 2 aliphatic heterocycles. The number of rotatable bonds is 1. The van der Waals surface area contributed by atoms with E-state index in [1.54, 1.807) is 4.90 Å². The highest BCUT2D eigenvalue weighted by atomic mass is 16.3. The number of urea groups is 1. The lowest BCUT2D eigenvalue weighted by atomic mass is 10.3. The number of aliphatic hydroxyl groups excluding tert-OH is 1. The molecule has 2 rings (SSSR count). The third kappa shape index (κ3) is 1.31. The first kappa shape index (κ1) is 9.26. The fourth-order valence-corrected chi connectivity index (χ4v) is 1.73. The molecule has 0 spiro atoms.